The van der Waals surface area contributed by atoms with Crippen molar-refractivity contribution in [2.24, 2.45) is 0 Å². The van der Waals surface area contributed by atoms with Gasteiger partial charge >= 0.3 is 0 Å². The van der Waals surface area contributed by atoms with E-state index in [1.165, 1.54) is 18.2 Å². The molecule has 0 bridgehead atoms. The number of carbonyl (C=O) groups excluding carboxylic acids is 3. The van der Waals surface area contributed by atoms with Crippen molar-refractivity contribution in [3.8, 4) is 0 Å². The van der Waals surface area contributed by atoms with Gasteiger partial charge in [-0.3, -0.25) is 14.4 Å². The molecule has 2 aromatic rings. The zero-order chi connectivity index (χ0) is 23.5. The molecule has 0 aliphatic carbocycles. The quantitative estimate of drug-likeness (QED) is 0.461. The number of ether oxygens (including phenoxy) is 1. The lowest BCUT2D eigenvalue weighted by atomic mass is 10.0. The Balaban J connectivity index is 1.41. The second-order valence-electron chi connectivity index (χ2n) is 8.22. The van der Waals surface area contributed by atoms with Crippen LogP contribution >= 0.6 is 0 Å². The van der Waals surface area contributed by atoms with Crippen LogP contribution in [0.2, 0.25) is 0 Å². The number of aromatic amines is 1. The fraction of sp³-hybridized carbons (Fsp3) is 0.375. The van der Waals surface area contributed by atoms with E-state index in [4.69, 9.17) is 4.74 Å². The number of halogens is 1. The molecule has 1 aromatic heterocycles. The Hall–Kier alpha value is -3.46. The number of aromatic nitrogens is 1. The Morgan fingerprint density at radius 1 is 1.24 bits per heavy atom. The highest BCUT2D eigenvalue weighted by atomic mass is 19.1. The molecule has 0 spiro atoms. The molecular weight excluding hydrogens is 427 g/mol. The van der Waals surface area contributed by atoms with Gasteiger partial charge in [-0.2, -0.15) is 0 Å². The first kappa shape index (κ1) is 22.7. The molecule has 4 rings (SSSR count). The van der Waals surface area contributed by atoms with E-state index >= 15 is 0 Å². The van der Waals surface area contributed by atoms with Gasteiger partial charge in [-0.15, -0.1) is 0 Å². The van der Waals surface area contributed by atoms with Gasteiger partial charge in [-0.25, -0.2) is 4.39 Å². The van der Waals surface area contributed by atoms with Gasteiger partial charge < -0.3 is 25.3 Å². The Labute approximate surface area is 191 Å². The average Bonchev–Trinajstić information content (AvgIpc) is 3.26. The van der Waals surface area contributed by atoms with Gasteiger partial charge in [-0.05, 0) is 50.1 Å². The Bertz CT molecular complexity index is 1130. The fourth-order valence-corrected chi connectivity index (χ4v) is 4.21. The predicted molar refractivity (Wildman–Crippen MR) is 122 cm³/mol. The molecule has 0 radical (unpaired) electrons. The Morgan fingerprint density at radius 2 is 2.00 bits per heavy atom. The Morgan fingerprint density at radius 3 is 2.76 bits per heavy atom. The molecule has 1 fully saturated rings. The maximum absolute atomic E-state index is 13.7. The number of rotatable bonds is 6. The number of morpholine rings is 1. The Kier molecular flexibility index (Phi) is 6.60. The van der Waals surface area contributed by atoms with Gasteiger partial charge in [0.05, 0.1) is 24.4 Å². The van der Waals surface area contributed by atoms with Crippen LogP contribution in [0.15, 0.2) is 18.2 Å². The van der Waals surface area contributed by atoms with Gasteiger partial charge in [0.15, 0.2) is 0 Å². The third-order valence-electron chi connectivity index (χ3n) is 5.97. The normalized spacial score (nSPS) is 16.6. The van der Waals surface area contributed by atoms with E-state index in [1.807, 2.05) is 0 Å². The molecule has 1 aromatic carbocycles. The van der Waals surface area contributed by atoms with Crippen molar-refractivity contribution in [2.45, 2.75) is 26.7 Å². The van der Waals surface area contributed by atoms with Crippen molar-refractivity contribution < 1.29 is 23.5 Å². The van der Waals surface area contributed by atoms with Crippen LogP contribution in [0.25, 0.3) is 11.6 Å². The highest BCUT2D eigenvalue weighted by Gasteiger charge is 2.26. The van der Waals surface area contributed by atoms with E-state index in [-0.39, 0.29) is 17.7 Å². The van der Waals surface area contributed by atoms with Crippen molar-refractivity contribution in [1.82, 2.24) is 15.2 Å². The molecule has 0 unspecified atom stereocenters. The van der Waals surface area contributed by atoms with E-state index in [0.717, 1.165) is 0 Å². The highest BCUT2D eigenvalue weighted by Crippen LogP contribution is 2.34. The fourth-order valence-electron chi connectivity index (χ4n) is 4.21. The zero-order valence-electron chi connectivity index (χ0n) is 18.7. The lowest BCUT2D eigenvalue weighted by Crippen LogP contribution is -2.40. The molecule has 0 saturated carbocycles. The van der Waals surface area contributed by atoms with E-state index in [9.17, 15) is 18.8 Å². The first-order valence-electron chi connectivity index (χ1n) is 11.0. The SMILES string of the molecule is Cc1[nH]c(/C=C2\C(=O)Nc3ccc(F)cc32)c(C)c1C(=O)NCCCC(=O)N1CCOCC1. The number of nitrogens with zero attached hydrogens (tertiary/aromatic N) is 1. The summed E-state index contributed by atoms with van der Waals surface area (Å²) in [5.74, 6) is -0.921. The summed E-state index contributed by atoms with van der Waals surface area (Å²) in [4.78, 5) is 42.3. The minimum atomic E-state index is -0.428. The largest absolute Gasteiger partial charge is 0.378 e. The molecule has 3 amide bonds. The summed E-state index contributed by atoms with van der Waals surface area (Å²) in [7, 11) is 0. The second-order valence-corrected chi connectivity index (χ2v) is 8.22. The molecule has 3 N–H and O–H groups in total. The van der Waals surface area contributed by atoms with Crippen molar-refractivity contribution in [2.75, 3.05) is 38.2 Å². The summed E-state index contributed by atoms with van der Waals surface area (Å²) in [6, 6.07) is 4.14. The molecule has 3 heterocycles. The van der Waals surface area contributed by atoms with Crippen LogP contribution in [-0.4, -0.2) is 60.5 Å². The number of nitrogens with one attached hydrogen (secondary N) is 3. The van der Waals surface area contributed by atoms with Crippen LogP contribution in [-0.2, 0) is 14.3 Å². The highest BCUT2D eigenvalue weighted by molar-refractivity contribution is 6.34. The number of anilines is 1. The van der Waals surface area contributed by atoms with Gasteiger partial charge in [0.25, 0.3) is 11.8 Å². The molecule has 33 heavy (non-hydrogen) atoms. The molecular formula is C24H27FN4O4. The molecule has 174 valence electrons. The van der Waals surface area contributed by atoms with Crippen molar-refractivity contribution in [3.63, 3.8) is 0 Å². The number of carbonyl (C=O) groups is 3. The molecule has 9 heteroatoms. The first-order chi connectivity index (χ1) is 15.8. The van der Waals surface area contributed by atoms with E-state index in [0.29, 0.717) is 85.0 Å². The van der Waals surface area contributed by atoms with Crippen molar-refractivity contribution in [1.29, 1.82) is 0 Å². The van der Waals surface area contributed by atoms with E-state index < -0.39 is 5.82 Å². The summed E-state index contributed by atoms with van der Waals surface area (Å²) < 4.78 is 19.0. The lowest BCUT2D eigenvalue weighted by Gasteiger charge is -2.26. The monoisotopic (exact) mass is 454 g/mol. The molecule has 1 saturated heterocycles. The molecule has 2 aliphatic rings. The third kappa shape index (κ3) is 4.83. The number of aryl methyl sites for hydroxylation is 1. The maximum atomic E-state index is 13.7. The summed E-state index contributed by atoms with van der Waals surface area (Å²) in [5, 5.41) is 5.59. The maximum Gasteiger partial charge on any atom is 0.256 e. The number of amides is 3. The second kappa shape index (κ2) is 9.58. The summed E-state index contributed by atoms with van der Waals surface area (Å²) in [5.41, 5.74) is 3.85. The number of fused-ring (bicyclic) bond motifs is 1. The predicted octanol–water partition coefficient (Wildman–Crippen LogP) is 2.63. The number of hydrogen-bond donors (Lipinski definition) is 3. The minimum absolute atomic E-state index is 0.0713. The van der Waals surface area contributed by atoms with Crippen LogP contribution in [0.4, 0.5) is 10.1 Å². The van der Waals surface area contributed by atoms with Crippen LogP contribution in [0.3, 0.4) is 0 Å². The van der Waals surface area contributed by atoms with Crippen LogP contribution < -0.4 is 10.6 Å². The standard InChI is InChI=1S/C24H27FN4O4/c1-14-20(13-18-17-12-16(25)5-6-19(17)28-23(18)31)27-15(2)22(14)24(32)26-7-3-4-21(30)29-8-10-33-11-9-29/h5-6,12-13,27H,3-4,7-11H2,1-2H3,(H,26,32)(H,28,31)/b18-13-. The minimum Gasteiger partial charge on any atom is -0.378 e. The van der Waals surface area contributed by atoms with Gasteiger partial charge in [-0.1, -0.05) is 0 Å². The third-order valence-corrected chi connectivity index (χ3v) is 5.97. The van der Waals surface area contributed by atoms with Gasteiger partial charge in [0.1, 0.15) is 5.82 Å². The number of benzene rings is 1. The average molecular weight is 455 g/mol. The first-order valence-corrected chi connectivity index (χ1v) is 11.0. The van der Waals surface area contributed by atoms with Gasteiger partial charge in [0, 0.05) is 48.7 Å². The van der Waals surface area contributed by atoms with Crippen molar-refractivity contribution in [3.05, 3.63) is 52.1 Å². The summed E-state index contributed by atoms with van der Waals surface area (Å²) in [6.45, 7) is 6.32. The molecule has 8 nitrogen and oxygen atoms in total. The number of hydrogen-bond acceptors (Lipinski definition) is 4. The van der Waals surface area contributed by atoms with E-state index in [2.05, 4.69) is 15.6 Å². The van der Waals surface area contributed by atoms with Crippen LogP contribution in [0.5, 0.6) is 0 Å². The van der Waals surface area contributed by atoms with Crippen LogP contribution in [0.1, 0.15) is 45.7 Å². The lowest BCUT2D eigenvalue weighted by molar-refractivity contribution is -0.135. The zero-order valence-corrected chi connectivity index (χ0v) is 18.7. The summed E-state index contributed by atoms with van der Waals surface area (Å²) in [6.07, 6.45) is 2.55. The molecule has 0 atom stereocenters. The van der Waals surface area contributed by atoms with Gasteiger partial charge in [0.2, 0.25) is 5.91 Å². The summed E-state index contributed by atoms with van der Waals surface area (Å²) >= 11 is 0. The van der Waals surface area contributed by atoms with Crippen molar-refractivity contribution >= 4 is 35.1 Å². The van der Waals surface area contributed by atoms with Crippen LogP contribution in [0, 0.1) is 19.7 Å². The molecule has 2 aliphatic heterocycles. The van der Waals surface area contributed by atoms with E-state index in [1.54, 1.807) is 24.8 Å². The number of H-pyrrole nitrogens is 1. The topological polar surface area (TPSA) is 104 Å². The smallest absolute Gasteiger partial charge is 0.256 e.